The highest BCUT2D eigenvalue weighted by Gasteiger charge is 2.22. The lowest BCUT2D eigenvalue weighted by Crippen LogP contribution is -2.43. The Balaban J connectivity index is 1.95. The Morgan fingerprint density at radius 3 is 3.11 bits per heavy atom. The molecular formula is C13H17ClN2O2. The minimum absolute atomic E-state index is 0.129. The molecule has 1 aromatic carbocycles. The summed E-state index contributed by atoms with van der Waals surface area (Å²) in [5, 5.41) is 12.6. The molecule has 2 N–H and O–H groups in total. The molecule has 5 heteroatoms. The molecule has 0 aliphatic carbocycles. The molecule has 0 radical (unpaired) electrons. The van der Waals surface area contributed by atoms with Gasteiger partial charge in [0.15, 0.2) is 0 Å². The molecule has 1 aromatic rings. The minimum Gasteiger partial charge on any atom is -0.396 e. The zero-order valence-electron chi connectivity index (χ0n) is 10.1. The molecule has 0 bridgehead atoms. The van der Waals surface area contributed by atoms with Crippen molar-refractivity contribution in [2.45, 2.75) is 12.8 Å². The van der Waals surface area contributed by atoms with Crippen molar-refractivity contribution in [3.8, 4) is 0 Å². The molecule has 2 amide bonds. The average molecular weight is 269 g/mol. The van der Waals surface area contributed by atoms with E-state index in [-0.39, 0.29) is 18.6 Å². The van der Waals surface area contributed by atoms with Crippen molar-refractivity contribution in [1.29, 1.82) is 0 Å². The van der Waals surface area contributed by atoms with Gasteiger partial charge in [0.1, 0.15) is 0 Å². The normalized spacial score (nSPS) is 19.7. The topological polar surface area (TPSA) is 52.6 Å². The highest BCUT2D eigenvalue weighted by Crippen LogP contribution is 2.19. The van der Waals surface area contributed by atoms with Gasteiger partial charge >= 0.3 is 6.03 Å². The van der Waals surface area contributed by atoms with Crippen molar-refractivity contribution in [2.24, 2.45) is 5.92 Å². The quantitative estimate of drug-likeness (QED) is 0.866. The van der Waals surface area contributed by atoms with Crippen molar-refractivity contribution in [1.82, 2.24) is 4.90 Å². The maximum Gasteiger partial charge on any atom is 0.321 e. The molecule has 1 fully saturated rings. The average Bonchev–Trinajstić information content (AvgIpc) is 2.39. The van der Waals surface area contributed by atoms with E-state index in [1.54, 1.807) is 29.2 Å². The number of benzene rings is 1. The summed E-state index contributed by atoms with van der Waals surface area (Å²) in [4.78, 5) is 13.8. The van der Waals surface area contributed by atoms with Crippen molar-refractivity contribution < 1.29 is 9.90 Å². The van der Waals surface area contributed by atoms with Gasteiger partial charge in [0.2, 0.25) is 0 Å². The third-order valence-corrected chi connectivity index (χ3v) is 3.38. The Morgan fingerprint density at radius 1 is 1.56 bits per heavy atom. The lowest BCUT2D eigenvalue weighted by atomic mass is 9.99. The lowest BCUT2D eigenvalue weighted by Gasteiger charge is -2.31. The number of halogens is 1. The number of aliphatic hydroxyl groups excluding tert-OH is 1. The molecule has 0 unspecified atom stereocenters. The van der Waals surface area contributed by atoms with Crippen LogP contribution in [-0.2, 0) is 0 Å². The largest absolute Gasteiger partial charge is 0.396 e. The molecule has 1 saturated heterocycles. The number of anilines is 1. The zero-order valence-corrected chi connectivity index (χ0v) is 10.9. The van der Waals surface area contributed by atoms with Gasteiger partial charge in [0, 0.05) is 30.4 Å². The van der Waals surface area contributed by atoms with Crippen molar-refractivity contribution in [2.75, 3.05) is 25.0 Å². The predicted molar refractivity (Wildman–Crippen MR) is 71.9 cm³/mol. The van der Waals surface area contributed by atoms with Crippen LogP contribution in [0.2, 0.25) is 5.02 Å². The Kier molecular flexibility index (Phi) is 4.44. The molecule has 1 aliphatic rings. The number of hydrogen-bond acceptors (Lipinski definition) is 2. The molecule has 1 heterocycles. The van der Waals surface area contributed by atoms with Crippen LogP contribution in [0.1, 0.15) is 12.8 Å². The fraction of sp³-hybridized carbons (Fsp3) is 0.462. The molecule has 0 saturated carbocycles. The second-order valence-corrected chi connectivity index (χ2v) is 5.01. The highest BCUT2D eigenvalue weighted by molar-refractivity contribution is 6.30. The summed E-state index contributed by atoms with van der Waals surface area (Å²) in [6.07, 6.45) is 1.92. The third kappa shape index (κ3) is 3.37. The number of aliphatic hydroxyl groups is 1. The predicted octanol–water partition coefficient (Wildman–Crippen LogP) is 2.58. The van der Waals surface area contributed by atoms with Crippen LogP contribution in [0.4, 0.5) is 10.5 Å². The van der Waals surface area contributed by atoms with E-state index in [1.165, 1.54) is 0 Å². The van der Waals surface area contributed by atoms with Crippen LogP contribution in [0.5, 0.6) is 0 Å². The monoisotopic (exact) mass is 268 g/mol. The smallest absolute Gasteiger partial charge is 0.321 e. The summed E-state index contributed by atoms with van der Waals surface area (Å²) in [7, 11) is 0. The summed E-state index contributed by atoms with van der Waals surface area (Å²) < 4.78 is 0. The van der Waals surface area contributed by atoms with Crippen molar-refractivity contribution >= 4 is 23.3 Å². The van der Waals surface area contributed by atoms with E-state index in [0.717, 1.165) is 19.4 Å². The number of nitrogens with one attached hydrogen (secondary N) is 1. The fourth-order valence-electron chi connectivity index (χ4n) is 2.17. The Bertz CT molecular complexity index is 425. The first kappa shape index (κ1) is 13.2. The molecule has 2 rings (SSSR count). The highest BCUT2D eigenvalue weighted by atomic mass is 35.5. The molecule has 98 valence electrons. The van der Waals surface area contributed by atoms with Gasteiger partial charge in [-0.15, -0.1) is 0 Å². The molecule has 0 spiro atoms. The third-order valence-electron chi connectivity index (χ3n) is 3.14. The molecular weight excluding hydrogens is 252 g/mol. The van der Waals surface area contributed by atoms with E-state index in [0.29, 0.717) is 17.3 Å². The standard InChI is InChI=1S/C13H17ClN2O2/c14-11-4-1-5-12(7-11)15-13(18)16-6-2-3-10(8-16)9-17/h1,4-5,7,10,17H,2-3,6,8-9H2,(H,15,18)/t10-/m0/s1. The van der Waals surface area contributed by atoms with Gasteiger partial charge in [0.25, 0.3) is 0 Å². The van der Waals surface area contributed by atoms with Gasteiger partial charge in [-0.05, 0) is 37.0 Å². The van der Waals surface area contributed by atoms with Gasteiger partial charge in [0.05, 0.1) is 0 Å². The second-order valence-electron chi connectivity index (χ2n) is 4.58. The van der Waals surface area contributed by atoms with Crippen LogP contribution in [-0.4, -0.2) is 35.7 Å². The number of carbonyl (C=O) groups is 1. The van der Waals surface area contributed by atoms with Crippen LogP contribution in [0.25, 0.3) is 0 Å². The van der Waals surface area contributed by atoms with Crippen LogP contribution in [0, 0.1) is 5.92 Å². The fourth-order valence-corrected chi connectivity index (χ4v) is 2.36. The first-order chi connectivity index (χ1) is 8.69. The molecule has 4 nitrogen and oxygen atoms in total. The number of amides is 2. The van der Waals surface area contributed by atoms with Gasteiger partial charge in [-0.25, -0.2) is 4.79 Å². The van der Waals surface area contributed by atoms with Crippen molar-refractivity contribution in [3.05, 3.63) is 29.3 Å². The SMILES string of the molecule is O=C(Nc1cccc(Cl)c1)N1CCC[C@H](CO)C1. The van der Waals surface area contributed by atoms with Crippen LogP contribution >= 0.6 is 11.6 Å². The minimum atomic E-state index is -0.129. The Morgan fingerprint density at radius 2 is 2.39 bits per heavy atom. The van der Waals surface area contributed by atoms with E-state index >= 15 is 0 Å². The van der Waals surface area contributed by atoms with E-state index in [9.17, 15) is 4.79 Å². The summed E-state index contributed by atoms with van der Waals surface area (Å²) in [6, 6.07) is 6.95. The van der Waals surface area contributed by atoms with Gasteiger partial charge in [-0.3, -0.25) is 0 Å². The number of likely N-dealkylation sites (tertiary alicyclic amines) is 1. The molecule has 1 atom stereocenters. The number of nitrogens with zero attached hydrogens (tertiary/aromatic N) is 1. The number of rotatable bonds is 2. The van der Waals surface area contributed by atoms with E-state index in [2.05, 4.69) is 5.32 Å². The molecule has 18 heavy (non-hydrogen) atoms. The number of piperidine rings is 1. The first-order valence-corrected chi connectivity index (χ1v) is 6.49. The number of carbonyl (C=O) groups excluding carboxylic acids is 1. The van der Waals surface area contributed by atoms with Crippen LogP contribution in [0.15, 0.2) is 24.3 Å². The van der Waals surface area contributed by atoms with Crippen molar-refractivity contribution in [3.63, 3.8) is 0 Å². The summed E-state index contributed by atoms with van der Waals surface area (Å²) in [6.45, 7) is 1.49. The van der Waals surface area contributed by atoms with E-state index < -0.39 is 0 Å². The maximum absolute atomic E-state index is 12.0. The number of urea groups is 1. The lowest BCUT2D eigenvalue weighted by molar-refractivity contribution is 0.136. The van der Waals surface area contributed by atoms with Gasteiger partial charge in [-0.1, -0.05) is 17.7 Å². The van der Waals surface area contributed by atoms with Gasteiger partial charge < -0.3 is 15.3 Å². The first-order valence-electron chi connectivity index (χ1n) is 6.11. The Hall–Kier alpha value is -1.26. The summed E-state index contributed by atoms with van der Waals surface area (Å²) in [5.74, 6) is 0.198. The molecule has 0 aromatic heterocycles. The van der Waals surface area contributed by atoms with E-state index in [1.807, 2.05) is 0 Å². The number of hydrogen-bond donors (Lipinski definition) is 2. The summed E-state index contributed by atoms with van der Waals surface area (Å²) >= 11 is 5.86. The maximum atomic E-state index is 12.0. The zero-order chi connectivity index (χ0) is 13.0. The van der Waals surface area contributed by atoms with Crippen LogP contribution < -0.4 is 5.32 Å². The Labute approximate surface area is 112 Å². The summed E-state index contributed by atoms with van der Waals surface area (Å²) in [5.41, 5.74) is 0.693. The second kappa shape index (κ2) is 6.07. The molecule has 1 aliphatic heterocycles. The van der Waals surface area contributed by atoms with E-state index in [4.69, 9.17) is 16.7 Å². The van der Waals surface area contributed by atoms with Gasteiger partial charge in [-0.2, -0.15) is 0 Å². The van der Waals surface area contributed by atoms with Crippen LogP contribution in [0.3, 0.4) is 0 Å².